The average Bonchev–Trinajstić information content (AvgIpc) is 2.25. The molecule has 102 valence electrons. The summed E-state index contributed by atoms with van der Waals surface area (Å²) < 4.78 is 0. The van der Waals surface area contributed by atoms with Crippen molar-refractivity contribution >= 4 is 17.7 Å². The Morgan fingerprint density at radius 1 is 1.24 bits per heavy atom. The Bertz CT molecular complexity index is 210. The Labute approximate surface area is 111 Å². The maximum absolute atomic E-state index is 11.7. The lowest BCUT2D eigenvalue weighted by molar-refractivity contribution is -0.122. The van der Waals surface area contributed by atoms with Crippen LogP contribution in [0.15, 0.2) is 0 Å². The molecule has 4 heteroatoms. The molecule has 2 unspecified atom stereocenters. The van der Waals surface area contributed by atoms with Crippen LogP contribution in [0.2, 0.25) is 0 Å². The minimum Gasteiger partial charge on any atom is -0.355 e. The van der Waals surface area contributed by atoms with Gasteiger partial charge in [-0.05, 0) is 43.7 Å². The van der Waals surface area contributed by atoms with Crippen molar-refractivity contribution in [1.82, 2.24) is 10.6 Å². The summed E-state index contributed by atoms with van der Waals surface area (Å²) in [6.07, 6.45) is 3.15. The van der Waals surface area contributed by atoms with Crippen molar-refractivity contribution in [2.75, 3.05) is 25.1 Å². The monoisotopic (exact) mass is 260 g/mol. The van der Waals surface area contributed by atoms with Gasteiger partial charge in [-0.3, -0.25) is 4.79 Å². The molecule has 0 spiro atoms. The molecule has 0 bridgehead atoms. The smallest absolute Gasteiger partial charge is 0.236 e. The third-order valence-electron chi connectivity index (χ3n) is 2.64. The predicted molar refractivity (Wildman–Crippen MR) is 77.5 cm³/mol. The van der Waals surface area contributed by atoms with Crippen LogP contribution in [-0.2, 0) is 4.79 Å². The van der Waals surface area contributed by atoms with Gasteiger partial charge >= 0.3 is 0 Å². The van der Waals surface area contributed by atoms with Gasteiger partial charge in [0.2, 0.25) is 5.91 Å². The summed E-state index contributed by atoms with van der Waals surface area (Å²) >= 11 is 1.85. The number of rotatable bonds is 9. The van der Waals surface area contributed by atoms with E-state index in [2.05, 4.69) is 37.7 Å². The van der Waals surface area contributed by atoms with Gasteiger partial charge in [-0.25, -0.2) is 0 Å². The highest BCUT2D eigenvalue weighted by atomic mass is 32.2. The van der Waals surface area contributed by atoms with E-state index in [0.717, 1.165) is 25.3 Å². The maximum atomic E-state index is 11.7. The van der Waals surface area contributed by atoms with Gasteiger partial charge in [0.05, 0.1) is 6.04 Å². The van der Waals surface area contributed by atoms with Crippen molar-refractivity contribution < 1.29 is 4.79 Å². The maximum Gasteiger partial charge on any atom is 0.236 e. The summed E-state index contributed by atoms with van der Waals surface area (Å²) in [5, 5.41) is 6.24. The Morgan fingerprint density at radius 2 is 1.88 bits per heavy atom. The van der Waals surface area contributed by atoms with Crippen molar-refractivity contribution in [3.8, 4) is 0 Å². The number of nitrogens with one attached hydrogen (secondary N) is 2. The van der Waals surface area contributed by atoms with E-state index in [0.29, 0.717) is 11.8 Å². The molecule has 0 aromatic rings. The first kappa shape index (κ1) is 16.8. The lowest BCUT2D eigenvalue weighted by atomic mass is 10.1. The largest absolute Gasteiger partial charge is 0.355 e. The zero-order valence-corrected chi connectivity index (χ0v) is 12.7. The summed E-state index contributed by atoms with van der Waals surface area (Å²) in [6, 6.07) is -0.0912. The van der Waals surface area contributed by atoms with Gasteiger partial charge in [0.25, 0.3) is 0 Å². The molecule has 2 N–H and O–H groups in total. The third kappa shape index (κ3) is 9.48. The molecule has 0 aliphatic rings. The van der Waals surface area contributed by atoms with E-state index in [4.69, 9.17) is 0 Å². The number of carbonyl (C=O) groups excluding carboxylic acids is 1. The molecule has 0 aromatic carbocycles. The standard InChI is InChI=1S/C13H28N2OS/c1-10(2)6-7-14-13(16)12(4)15-8-11(3)9-17-5/h10-12,15H,6-9H2,1-5H3,(H,14,16). The highest BCUT2D eigenvalue weighted by Gasteiger charge is 2.12. The number of hydrogen-bond acceptors (Lipinski definition) is 3. The number of carbonyl (C=O) groups is 1. The van der Waals surface area contributed by atoms with Crippen molar-refractivity contribution in [2.24, 2.45) is 11.8 Å². The molecule has 17 heavy (non-hydrogen) atoms. The molecule has 3 nitrogen and oxygen atoms in total. The van der Waals surface area contributed by atoms with E-state index in [1.54, 1.807) is 0 Å². The normalized spacial score (nSPS) is 14.7. The summed E-state index contributed by atoms with van der Waals surface area (Å²) in [6.45, 7) is 10.1. The molecule has 0 saturated carbocycles. The quantitative estimate of drug-likeness (QED) is 0.667. The van der Waals surface area contributed by atoms with E-state index < -0.39 is 0 Å². The molecule has 0 radical (unpaired) electrons. The molecule has 0 saturated heterocycles. The van der Waals surface area contributed by atoms with Crippen molar-refractivity contribution in [3.05, 3.63) is 0 Å². The van der Waals surface area contributed by atoms with E-state index in [9.17, 15) is 4.79 Å². The first-order valence-corrected chi connectivity index (χ1v) is 7.86. The lowest BCUT2D eigenvalue weighted by Crippen LogP contribution is -2.44. The fraction of sp³-hybridized carbons (Fsp3) is 0.923. The zero-order chi connectivity index (χ0) is 13.3. The van der Waals surface area contributed by atoms with Crippen molar-refractivity contribution in [3.63, 3.8) is 0 Å². The van der Waals surface area contributed by atoms with Gasteiger partial charge in [-0.1, -0.05) is 20.8 Å². The molecule has 0 aliphatic heterocycles. The Morgan fingerprint density at radius 3 is 2.41 bits per heavy atom. The van der Waals surface area contributed by atoms with Gasteiger partial charge < -0.3 is 10.6 Å². The van der Waals surface area contributed by atoms with Gasteiger partial charge in [0.1, 0.15) is 0 Å². The first-order valence-electron chi connectivity index (χ1n) is 6.47. The van der Waals surface area contributed by atoms with E-state index >= 15 is 0 Å². The van der Waals surface area contributed by atoms with Crippen LogP contribution in [0.4, 0.5) is 0 Å². The van der Waals surface area contributed by atoms with Crippen LogP contribution in [0.25, 0.3) is 0 Å². The summed E-state index contributed by atoms with van der Waals surface area (Å²) in [5.74, 6) is 2.49. The van der Waals surface area contributed by atoms with Crippen LogP contribution in [0.3, 0.4) is 0 Å². The van der Waals surface area contributed by atoms with E-state index in [1.807, 2.05) is 18.7 Å². The molecule has 1 amide bonds. The number of amides is 1. The van der Waals surface area contributed by atoms with Crippen LogP contribution in [0.1, 0.15) is 34.1 Å². The third-order valence-corrected chi connectivity index (χ3v) is 3.54. The van der Waals surface area contributed by atoms with Crippen LogP contribution < -0.4 is 10.6 Å². The fourth-order valence-corrected chi connectivity index (χ4v) is 2.14. The van der Waals surface area contributed by atoms with Crippen LogP contribution in [0.5, 0.6) is 0 Å². The number of hydrogen-bond donors (Lipinski definition) is 2. The fourth-order valence-electron chi connectivity index (χ4n) is 1.45. The molecule has 0 rings (SSSR count). The van der Waals surface area contributed by atoms with Gasteiger partial charge in [-0.15, -0.1) is 0 Å². The molecule has 0 fully saturated rings. The second kappa shape index (κ2) is 9.77. The summed E-state index contributed by atoms with van der Waals surface area (Å²) in [4.78, 5) is 11.7. The first-order chi connectivity index (χ1) is 7.97. The molecule has 0 aromatic heterocycles. The molecular formula is C13H28N2OS. The molecule has 2 atom stereocenters. The topological polar surface area (TPSA) is 41.1 Å². The summed E-state index contributed by atoms with van der Waals surface area (Å²) in [5.41, 5.74) is 0. The van der Waals surface area contributed by atoms with Gasteiger partial charge in [-0.2, -0.15) is 11.8 Å². The van der Waals surface area contributed by atoms with E-state index in [-0.39, 0.29) is 11.9 Å². The van der Waals surface area contributed by atoms with Gasteiger partial charge in [0, 0.05) is 6.54 Å². The van der Waals surface area contributed by atoms with Crippen LogP contribution in [0, 0.1) is 11.8 Å². The van der Waals surface area contributed by atoms with Crippen LogP contribution >= 0.6 is 11.8 Å². The SMILES string of the molecule is CSCC(C)CNC(C)C(=O)NCCC(C)C. The Kier molecular flexibility index (Phi) is 9.65. The van der Waals surface area contributed by atoms with Gasteiger partial charge in [0.15, 0.2) is 0 Å². The second-order valence-electron chi connectivity index (χ2n) is 5.16. The Hall–Kier alpha value is -0.220. The van der Waals surface area contributed by atoms with Crippen LogP contribution in [-0.4, -0.2) is 37.0 Å². The number of thioether (sulfide) groups is 1. The Balaban J connectivity index is 3.67. The highest BCUT2D eigenvalue weighted by Crippen LogP contribution is 2.03. The predicted octanol–water partition coefficient (Wildman–Crippen LogP) is 2.13. The average molecular weight is 260 g/mol. The second-order valence-corrected chi connectivity index (χ2v) is 6.07. The lowest BCUT2D eigenvalue weighted by Gasteiger charge is -2.17. The molecule has 0 aliphatic carbocycles. The molecular weight excluding hydrogens is 232 g/mol. The van der Waals surface area contributed by atoms with Crippen molar-refractivity contribution in [2.45, 2.75) is 40.2 Å². The zero-order valence-electron chi connectivity index (χ0n) is 11.9. The van der Waals surface area contributed by atoms with E-state index in [1.165, 1.54) is 0 Å². The summed E-state index contributed by atoms with van der Waals surface area (Å²) in [7, 11) is 0. The minimum atomic E-state index is -0.0912. The minimum absolute atomic E-state index is 0.0912. The van der Waals surface area contributed by atoms with Crippen molar-refractivity contribution in [1.29, 1.82) is 0 Å². The molecule has 0 heterocycles. The highest BCUT2D eigenvalue weighted by molar-refractivity contribution is 7.98.